The summed E-state index contributed by atoms with van der Waals surface area (Å²) in [5, 5.41) is 0. The molecule has 3 unspecified atom stereocenters. The molecule has 8 aliphatic carbocycles. The lowest BCUT2D eigenvalue weighted by Crippen LogP contribution is -2.61. The number of hydrogen-bond acceptors (Lipinski definition) is 6. The van der Waals surface area contributed by atoms with Crippen LogP contribution in [0.1, 0.15) is 152 Å². The Bertz CT molecular complexity index is 1140. The van der Waals surface area contributed by atoms with Crippen LogP contribution in [-0.2, 0) is 28.6 Å². The Morgan fingerprint density at radius 3 is 1.78 bits per heavy atom. The van der Waals surface area contributed by atoms with Crippen molar-refractivity contribution in [2.75, 3.05) is 6.61 Å². The van der Waals surface area contributed by atoms with Crippen molar-refractivity contribution in [3.8, 4) is 0 Å². The van der Waals surface area contributed by atoms with Crippen molar-refractivity contribution in [2.24, 2.45) is 57.2 Å². The summed E-state index contributed by atoms with van der Waals surface area (Å²) in [5.41, 5.74) is -2.57. The minimum absolute atomic E-state index is 0.00827. The van der Waals surface area contributed by atoms with Crippen LogP contribution in [0.25, 0.3) is 0 Å². The Morgan fingerprint density at radius 2 is 1.27 bits per heavy atom. The third-order valence-electron chi connectivity index (χ3n) is 15.1. The highest BCUT2D eigenvalue weighted by Gasteiger charge is 2.64. The standard InChI is InChI=1S/C39H62O6/c1-9-34(4,5)23-36(8,35(6,7)10-2)32(41)45-38-20-27-13-28(21-38)19-37(18-27,24-38)33(42)43-22-31(40)44-39(11-3)29-14-25-12-26(16-29)17-30(39)15-25/h25-30H,9-24H2,1-8H3. The van der Waals surface area contributed by atoms with Gasteiger partial charge in [0.2, 0.25) is 0 Å². The van der Waals surface area contributed by atoms with Gasteiger partial charge in [-0.05, 0) is 137 Å². The van der Waals surface area contributed by atoms with Gasteiger partial charge in [-0.3, -0.25) is 9.59 Å². The summed E-state index contributed by atoms with van der Waals surface area (Å²) in [6, 6.07) is 0. The monoisotopic (exact) mass is 626 g/mol. The summed E-state index contributed by atoms with van der Waals surface area (Å²) in [6.07, 6.45) is 14.3. The van der Waals surface area contributed by atoms with Gasteiger partial charge >= 0.3 is 17.9 Å². The van der Waals surface area contributed by atoms with E-state index >= 15 is 0 Å². The third kappa shape index (κ3) is 5.58. The van der Waals surface area contributed by atoms with E-state index in [1.807, 2.05) is 0 Å². The van der Waals surface area contributed by atoms with E-state index in [0.29, 0.717) is 30.1 Å². The summed E-state index contributed by atoms with van der Waals surface area (Å²) in [5.74, 6) is 2.39. The van der Waals surface area contributed by atoms with Gasteiger partial charge in [-0.25, -0.2) is 4.79 Å². The lowest BCUT2D eigenvalue weighted by atomic mass is 9.47. The molecule has 8 aliphatic rings. The maximum absolute atomic E-state index is 14.4. The second-order valence-electron chi connectivity index (χ2n) is 18.7. The molecular weight excluding hydrogens is 564 g/mol. The van der Waals surface area contributed by atoms with Gasteiger partial charge in [0.1, 0.15) is 11.2 Å². The zero-order chi connectivity index (χ0) is 32.6. The first-order chi connectivity index (χ1) is 21.0. The highest BCUT2D eigenvalue weighted by Crippen LogP contribution is 2.64. The molecule has 6 heteroatoms. The van der Waals surface area contributed by atoms with E-state index in [-0.39, 0.29) is 40.9 Å². The highest BCUT2D eigenvalue weighted by molar-refractivity contribution is 5.82. The molecule has 0 N–H and O–H groups in total. The molecule has 0 heterocycles. The molecule has 0 aromatic heterocycles. The van der Waals surface area contributed by atoms with Crippen LogP contribution < -0.4 is 0 Å². The van der Waals surface area contributed by atoms with E-state index in [9.17, 15) is 14.4 Å². The van der Waals surface area contributed by atoms with Crippen LogP contribution in [-0.4, -0.2) is 35.7 Å². The number of carbonyl (C=O) groups excluding carboxylic acids is 3. The topological polar surface area (TPSA) is 78.9 Å². The first kappa shape index (κ1) is 33.3. The molecule has 3 atom stereocenters. The normalized spacial score (nSPS) is 41.1. The van der Waals surface area contributed by atoms with Crippen molar-refractivity contribution < 1.29 is 28.6 Å². The van der Waals surface area contributed by atoms with E-state index in [2.05, 4.69) is 55.4 Å². The molecule has 6 nitrogen and oxygen atoms in total. The molecule has 8 saturated carbocycles. The lowest BCUT2D eigenvalue weighted by molar-refractivity contribution is -0.226. The molecule has 0 amide bonds. The van der Waals surface area contributed by atoms with Crippen LogP contribution in [0.5, 0.6) is 0 Å². The van der Waals surface area contributed by atoms with Crippen molar-refractivity contribution in [3.63, 3.8) is 0 Å². The van der Waals surface area contributed by atoms with Crippen LogP contribution in [0, 0.1) is 57.2 Å². The van der Waals surface area contributed by atoms with Gasteiger partial charge in [0.05, 0.1) is 10.8 Å². The lowest BCUT2D eigenvalue weighted by Gasteiger charge is -2.60. The molecule has 254 valence electrons. The fourth-order valence-corrected chi connectivity index (χ4v) is 12.2. The zero-order valence-electron chi connectivity index (χ0n) is 29.7. The van der Waals surface area contributed by atoms with Crippen molar-refractivity contribution in [1.82, 2.24) is 0 Å². The molecule has 0 spiro atoms. The summed E-state index contributed by atoms with van der Waals surface area (Å²) in [6.45, 7) is 17.2. The molecule has 8 fully saturated rings. The summed E-state index contributed by atoms with van der Waals surface area (Å²) in [7, 11) is 0. The average Bonchev–Trinajstić information content (AvgIpc) is 2.96. The maximum Gasteiger partial charge on any atom is 0.344 e. The van der Waals surface area contributed by atoms with Gasteiger partial charge < -0.3 is 14.2 Å². The number of esters is 3. The Balaban J connectivity index is 1.14. The Labute approximate surface area is 272 Å². The van der Waals surface area contributed by atoms with Crippen LogP contribution in [0.15, 0.2) is 0 Å². The summed E-state index contributed by atoms with van der Waals surface area (Å²) in [4.78, 5) is 41.7. The van der Waals surface area contributed by atoms with E-state index in [0.717, 1.165) is 69.6 Å². The van der Waals surface area contributed by atoms with Gasteiger partial charge in [0.25, 0.3) is 0 Å². The smallest absolute Gasteiger partial charge is 0.344 e. The van der Waals surface area contributed by atoms with Crippen molar-refractivity contribution in [2.45, 2.75) is 163 Å². The molecule has 0 aromatic carbocycles. The highest BCUT2D eigenvalue weighted by atomic mass is 16.6. The van der Waals surface area contributed by atoms with E-state index in [4.69, 9.17) is 14.2 Å². The Hall–Kier alpha value is -1.59. The second-order valence-corrected chi connectivity index (χ2v) is 18.7. The molecule has 45 heavy (non-hydrogen) atoms. The molecule has 0 radical (unpaired) electrons. The van der Waals surface area contributed by atoms with Crippen molar-refractivity contribution in [1.29, 1.82) is 0 Å². The predicted molar refractivity (Wildman–Crippen MR) is 174 cm³/mol. The van der Waals surface area contributed by atoms with Gasteiger partial charge in [-0.2, -0.15) is 0 Å². The van der Waals surface area contributed by atoms with E-state index < -0.39 is 16.4 Å². The van der Waals surface area contributed by atoms with Crippen LogP contribution in [0.3, 0.4) is 0 Å². The number of ether oxygens (including phenoxy) is 3. The SMILES string of the molecule is CCC(C)(C)CC(C)(C(=O)OC12CC3CC(C1)CC(C(=O)OCC(=O)OC1(CC)C4CC5CC(C4)CC1C5)(C3)C2)C(C)(C)CC. The molecule has 0 aliphatic heterocycles. The molecule has 0 saturated heterocycles. The Morgan fingerprint density at radius 1 is 0.711 bits per heavy atom. The van der Waals surface area contributed by atoms with Gasteiger partial charge in [0, 0.05) is 6.42 Å². The van der Waals surface area contributed by atoms with Crippen molar-refractivity contribution in [3.05, 3.63) is 0 Å². The molecule has 8 bridgehead atoms. The largest absolute Gasteiger partial charge is 0.459 e. The minimum Gasteiger partial charge on any atom is -0.459 e. The van der Waals surface area contributed by atoms with E-state index in [1.54, 1.807) is 0 Å². The molecule has 0 aromatic rings. The number of hydrogen-bond donors (Lipinski definition) is 0. The van der Waals surface area contributed by atoms with Crippen LogP contribution in [0.4, 0.5) is 0 Å². The fourth-order valence-electron chi connectivity index (χ4n) is 12.2. The third-order valence-corrected chi connectivity index (χ3v) is 15.1. The molecule has 8 rings (SSSR count). The van der Waals surface area contributed by atoms with Crippen molar-refractivity contribution >= 4 is 17.9 Å². The van der Waals surface area contributed by atoms with Gasteiger partial charge in [-0.15, -0.1) is 0 Å². The number of carbonyl (C=O) groups is 3. The van der Waals surface area contributed by atoms with Crippen LogP contribution in [0.2, 0.25) is 0 Å². The zero-order valence-corrected chi connectivity index (χ0v) is 29.7. The summed E-state index contributed by atoms with van der Waals surface area (Å²) >= 11 is 0. The van der Waals surface area contributed by atoms with E-state index in [1.165, 1.54) is 32.1 Å². The van der Waals surface area contributed by atoms with Crippen LogP contribution >= 0.6 is 0 Å². The van der Waals surface area contributed by atoms with Gasteiger partial charge in [-0.1, -0.05) is 54.9 Å². The second kappa shape index (κ2) is 11.2. The minimum atomic E-state index is -0.685. The van der Waals surface area contributed by atoms with Gasteiger partial charge in [0.15, 0.2) is 6.61 Å². The maximum atomic E-state index is 14.4. The fraction of sp³-hybridized carbons (Fsp3) is 0.923. The quantitative estimate of drug-likeness (QED) is 0.159. The average molecular weight is 627 g/mol. The molecular formula is C39H62O6. The first-order valence-electron chi connectivity index (χ1n) is 18.6. The summed E-state index contributed by atoms with van der Waals surface area (Å²) < 4.78 is 19.0. The number of rotatable bonds is 12. The predicted octanol–water partition coefficient (Wildman–Crippen LogP) is 8.83. The first-order valence-corrected chi connectivity index (χ1v) is 18.6. The Kier molecular flexibility index (Phi) is 8.33.